The molecule has 0 aliphatic carbocycles. The Morgan fingerprint density at radius 1 is 0.759 bits per heavy atom. The summed E-state index contributed by atoms with van der Waals surface area (Å²) in [6, 6.07) is 27.6. The molecule has 0 bridgehead atoms. The number of nitrogens with zero attached hydrogens (tertiary/aromatic N) is 2. The molecule has 2 N–H and O–H groups in total. The highest BCUT2D eigenvalue weighted by Gasteiger charge is 2.14. The lowest BCUT2D eigenvalue weighted by atomic mass is 9.99. The predicted molar refractivity (Wildman–Crippen MR) is 114 cm³/mol. The second kappa shape index (κ2) is 7.83. The third-order valence-electron chi connectivity index (χ3n) is 4.47. The molecule has 0 atom stereocenters. The van der Waals surface area contributed by atoms with Gasteiger partial charge in [0, 0.05) is 10.9 Å². The number of rotatable bonds is 5. The topological polar surface area (TPSA) is 91.1 Å². The van der Waals surface area contributed by atoms with E-state index in [1.54, 1.807) is 6.07 Å². The Balaban J connectivity index is 1.78. The van der Waals surface area contributed by atoms with Crippen molar-refractivity contribution in [2.24, 2.45) is 10.3 Å². The summed E-state index contributed by atoms with van der Waals surface area (Å²) in [5.41, 5.74) is 5.32. The maximum absolute atomic E-state index is 11.5. The summed E-state index contributed by atoms with van der Waals surface area (Å²) in [5, 5.41) is 10.3. The number of hydrogen-bond acceptors (Lipinski definition) is 4. The first-order valence-corrected chi connectivity index (χ1v) is 10.3. The molecule has 4 aromatic rings. The lowest BCUT2D eigenvalue weighted by molar-refractivity contribution is 0.483. The molecular formula is C22H17N3O3S. The van der Waals surface area contributed by atoms with Crippen LogP contribution in [0.15, 0.2) is 106 Å². The van der Waals surface area contributed by atoms with E-state index >= 15 is 0 Å². The van der Waals surface area contributed by atoms with Crippen LogP contribution in [0.5, 0.6) is 0 Å². The van der Waals surface area contributed by atoms with Crippen LogP contribution in [-0.4, -0.2) is 13.0 Å². The van der Waals surface area contributed by atoms with Crippen molar-refractivity contribution < 1.29 is 13.0 Å². The van der Waals surface area contributed by atoms with Crippen molar-refractivity contribution >= 4 is 32.3 Å². The van der Waals surface area contributed by atoms with E-state index in [2.05, 4.69) is 15.8 Å². The molecule has 4 rings (SSSR count). The van der Waals surface area contributed by atoms with Gasteiger partial charge in [-0.2, -0.15) is 8.42 Å². The van der Waals surface area contributed by atoms with Crippen LogP contribution in [0.3, 0.4) is 0 Å². The first-order chi connectivity index (χ1) is 14.0. The molecule has 0 aliphatic heterocycles. The van der Waals surface area contributed by atoms with Gasteiger partial charge in [0.15, 0.2) is 0 Å². The van der Waals surface area contributed by atoms with Crippen LogP contribution in [-0.2, 0) is 10.1 Å². The monoisotopic (exact) mass is 403 g/mol. The van der Waals surface area contributed by atoms with E-state index in [0.29, 0.717) is 5.69 Å². The molecule has 0 aromatic heterocycles. The van der Waals surface area contributed by atoms with Gasteiger partial charge in [-0.15, -0.1) is 5.11 Å². The first kappa shape index (κ1) is 18.8. The summed E-state index contributed by atoms with van der Waals surface area (Å²) in [6.07, 6.45) is 0. The minimum absolute atomic E-state index is 0.139. The minimum Gasteiger partial charge on any atom is -0.282 e. The van der Waals surface area contributed by atoms with Crippen LogP contribution < -0.4 is 5.43 Å². The minimum atomic E-state index is -4.38. The standard InChI is InChI=1S/C22H17N3O3S/c26-29(27,28)21-13-7-6-12-20(21)23-25-24-22-18-11-5-4-10-17(18)14-15-19(22)16-8-2-1-3-9-16/h1-15H,(H,23,24)(H,26,27,28). The second-order valence-electron chi connectivity index (χ2n) is 6.33. The van der Waals surface area contributed by atoms with Gasteiger partial charge in [-0.3, -0.25) is 9.98 Å². The fourth-order valence-electron chi connectivity index (χ4n) is 3.13. The lowest BCUT2D eigenvalue weighted by Gasteiger charge is -2.09. The van der Waals surface area contributed by atoms with Crippen molar-refractivity contribution in [2.45, 2.75) is 4.90 Å². The maximum atomic E-state index is 11.5. The van der Waals surface area contributed by atoms with E-state index in [4.69, 9.17) is 0 Å². The van der Waals surface area contributed by atoms with Crippen LogP contribution in [0.1, 0.15) is 0 Å². The van der Waals surface area contributed by atoms with Gasteiger partial charge in [-0.05, 0) is 23.1 Å². The van der Waals surface area contributed by atoms with Crippen molar-refractivity contribution in [1.29, 1.82) is 0 Å². The molecule has 0 radical (unpaired) electrons. The van der Waals surface area contributed by atoms with Crippen molar-refractivity contribution in [3.63, 3.8) is 0 Å². The molecule has 144 valence electrons. The van der Waals surface area contributed by atoms with Gasteiger partial charge in [0.05, 0.1) is 5.69 Å². The SMILES string of the molecule is O=S(=O)(O)c1ccccc1NN=Nc1c(-c2ccccc2)ccc2ccccc12. The predicted octanol–water partition coefficient (Wildman–Crippen LogP) is 5.86. The van der Waals surface area contributed by atoms with Crippen molar-refractivity contribution in [2.75, 3.05) is 5.43 Å². The molecular weight excluding hydrogens is 386 g/mol. The number of fused-ring (bicyclic) bond motifs is 1. The number of nitrogens with one attached hydrogen (secondary N) is 1. The Labute approximate surface area is 168 Å². The van der Waals surface area contributed by atoms with Crippen molar-refractivity contribution in [3.05, 3.63) is 91.0 Å². The molecule has 29 heavy (non-hydrogen) atoms. The maximum Gasteiger partial charge on any atom is 0.296 e. The number of para-hydroxylation sites is 1. The zero-order valence-electron chi connectivity index (χ0n) is 15.2. The highest BCUT2D eigenvalue weighted by molar-refractivity contribution is 7.86. The van der Waals surface area contributed by atoms with Gasteiger partial charge < -0.3 is 0 Å². The summed E-state index contributed by atoms with van der Waals surface area (Å²) in [5.74, 6) is 0. The normalized spacial score (nSPS) is 11.8. The van der Waals surface area contributed by atoms with Gasteiger partial charge in [0.2, 0.25) is 0 Å². The molecule has 0 spiro atoms. The van der Waals surface area contributed by atoms with E-state index in [9.17, 15) is 13.0 Å². The van der Waals surface area contributed by atoms with Crippen molar-refractivity contribution in [1.82, 2.24) is 0 Å². The fourth-order valence-corrected chi connectivity index (χ4v) is 3.77. The van der Waals surface area contributed by atoms with Gasteiger partial charge in [-0.25, -0.2) is 0 Å². The largest absolute Gasteiger partial charge is 0.296 e. The van der Waals surface area contributed by atoms with E-state index < -0.39 is 10.1 Å². The summed E-state index contributed by atoms with van der Waals surface area (Å²) < 4.78 is 32.5. The molecule has 0 heterocycles. The van der Waals surface area contributed by atoms with Crippen molar-refractivity contribution in [3.8, 4) is 11.1 Å². The Bertz CT molecular complexity index is 1300. The van der Waals surface area contributed by atoms with Gasteiger partial charge in [0.1, 0.15) is 10.6 Å². The van der Waals surface area contributed by atoms with E-state index in [1.165, 1.54) is 18.2 Å². The third kappa shape index (κ3) is 4.01. The fraction of sp³-hybridized carbons (Fsp3) is 0. The first-order valence-electron chi connectivity index (χ1n) is 8.84. The van der Waals surface area contributed by atoms with Crippen LogP contribution in [0.2, 0.25) is 0 Å². The lowest BCUT2D eigenvalue weighted by Crippen LogP contribution is -2.02. The Hall–Kier alpha value is -3.55. The molecule has 4 aromatic carbocycles. The van der Waals surface area contributed by atoms with Crippen LogP contribution >= 0.6 is 0 Å². The smallest absolute Gasteiger partial charge is 0.282 e. The number of hydrogen-bond donors (Lipinski definition) is 2. The highest BCUT2D eigenvalue weighted by Crippen LogP contribution is 2.37. The molecule has 0 unspecified atom stereocenters. The molecule has 0 aliphatic rings. The molecule has 0 fully saturated rings. The Morgan fingerprint density at radius 3 is 2.24 bits per heavy atom. The average Bonchev–Trinajstić information content (AvgIpc) is 2.74. The molecule has 0 saturated carbocycles. The second-order valence-corrected chi connectivity index (χ2v) is 7.72. The molecule has 0 saturated heterocycles. The zero-order chi connectivity index (χ0) is 20.3. The third-order valence-corrected chi connectivity index (χ3v) is 5.38. The molecule has 7 heteroatoms. The summed E-state index contributed by atoms with van der Waals surface area (Å²) in [4.78, 5) is -0.264. The highest BCUT2D eigenvalue weighted by atomic mass is 32.2. The van der Waals surface area contributed by atoms with E-state index in [-0.39, 0.29) is 10.6 Å². The van der Waals surface area contributed by atoms with E-state index in [1.807, 2.05) is 66.7 Å². The van der Waals surface area contributed by atoms with Gasteiger partial charge in [-0.1, -0.05) is 84.1 Å². The van der Waals surface area contributed by atoms with Gasteiger partial charge in [0.25, 0.3) is 10.1 Å². The van der Waals surface area contributed by atoms with Crippen LogP contribution in [0.25, 0.3) is 21.9 Å². The number of benzene rings is 4. The summed E-state index contributed by atoms with van der Waals surface area (Å²) >= 11 is 0. The quantitative estimate of drug-likeness (QED) is 0.248. The Kier molecular flexibility index (Phi) is 5.07. The van der Waals surface area contributed by atoms with E-state index in [0.717, 1.165) is 21.9 Å². The van der Waals surface area contributed by atoms with Crippen LogP contribution in [0.4, 0.5) is 11.4 Å². The molecule has 6 nitrogen and oxygen atoms in total. The summed E-state index contributed by atoms with van der Waals surface area (Å²) in [6.45, 7) is 0. The molecule has 0 amide bonds. The van der Waals surface area contributed by atoms with Crippen LogP contribution in [0, 0.1) is 0 Å². The Morgan fingerprint density at radius 2 is 1.45 bits per heavy atom. The zero-order valence-corrected chi connectivity index (χ0v) is 16.0. The van der Waals surface area contributed by atoms with Gasteiger partial charge >= 0.3 is 0 Å². The summed E-state index contributed by atoms with van der Waals surface area (Å²) in [7, 11) is -4.38. The number of anilines is 1. The average molecular weight is 403 g/mol.